The van der Waals surface area contributed by atoms with Gasteiger partial charge in [0.15, 0.2) is 5.17 Å². The van der Waals surface area contributed by atoms with Gasteiger partial charge < -0.3 is 9.84 Å². The molecular formula is C20H15ClN2O5S. The Kier molecular flexibility index (Phi) is 6.05. The second-order valence-corrected chi connectivity index (χ2v) is 7.37. The van der Waals surface area contributed by atoms with Crippen LogP contribution in [0.5, 0.6) is 0 Å². The highest BCUT2D eigenvalue weighted by Gasteiger charge is 2.30. The van der Waals surface area contributed by atoms with Crippen molar-refractivity contribution in [2.45, 2.75) is 0 Å². The van der Waals surface area contributed by atoms with Gasteiger partial charge in [0.05, 0.1) is 33.9 Å². The van der Waals surface area contributed by atoms with Crippen molar-refractivity contribution in [3.8, 4) is 0 Å². The predicted octanol–water partition coefficient (Wildman–Crippen LogP) is 4.06. The Morgan fingerprint density at radius 2 is 1.90 bits per heavy atom. The zero-order valence-electron chi connectivity index (χ0n) is 15.4. The lowest BCUT2D eigenvalue weighted by Crippen LogP contribution is -2.23. The molecule has 3 rings (SSSR count). The molecule has 0 unspecified atom stereocenters. The van der Waals surface area contributed by atoms with Gasteiger partial charge in [-0.05, 0) is 53.7 Å². The van der Waals surface area contributed by atoms with Crippen LogP contribution in [0.3, 0.4) is 0 Å². The summed E-state index contributed by atoms with van der Waals surface area (Å²) in [5.41, 5.74) is 1.46. The van der Waals surface area contributed by atoms with Crippen LogP contribution in [0.4, 0.5) is 5.69 Å². The molecule has 0 bridgehead atoms. The lowest BCUT2D eigenvalue weighted by atomic mass is 10.1. The number of rotatable bonds is 4. The van der Waals surface area contributed by atoms with E-state index in [9.17, 15) is 19.5 Å². The minimum Gasteiger partial charge on any atom is -0.478 e. The summed E-state index contributed by atoms with van der Waals surface area (Å²) in [7, 11) is 2.90. The number of amides is 1. The maximum absolute atomic E-state index is 12.5. The van der Waals surface area contributed by atoms with Gasteiger partial charge in [0.25, 0.3) is 5.91 Å². The Labute approximate surface area is 175 Å². The van der Waals surface area contributed by atoms with Gasteiger partial charge in [0.1, 0.15) is 0 Å². The van der Waals surface area contributed by atoms with Gasteiger partial charge in [0, 0.05) is 7.05 Å². The summed E-state index contributed by atoms with van der Waals surface area (Å²) in [5, 5.41) is 9.70. The first-order valence-corrected chi connectivity index (χ1v) is 9.47. The van der Waals surface area contributed by atoms with Crippen molar-refractivity contribution < 1.29 is 24.2 Å². The van der Waals surface area contributed by atoms with E-state index in [-0.39, 0.29) is 16.5 Å². The minimum atomic E-state index is -1.16. The number of carbonyl (C=O) groups is 3. The third-order valence-corrected chi connectivity index (χ3v) is 5.43. The summed E-state index contributed by atoms with van der Waals surface area (Å²) in [6, 6.07) is 11.0. The molecule has 1 fully saturated rings. The van der Waals surface area contributed by atoms with E-state index < -0.39 is 11.9 Å². The molecule has 0 aliphatic carbocycles. The monoisotopic (exact) mass is 430 g/mol. The van der Waals surface area contributed by atoms with Crippen molar-refractivity contribution in [3.63, 3.8) is 0 Å². The van der Waals surface area contributed by atoms with Crippen molar-refractivity contribution in [2.75, 3.05) is 14.2 Å². The number of hydrogen-bond donors (Lipinski definition) is 1. The zero-order valence-corrected chi connectivity index (χ0v) is 17.0. The van der Waals surface area contributed by atoms with Crippen molar-refractivity contribution >= 4 is 58.1 Å². The first kappa shape index (κ1) is 20.6. The van der Waals surface area contributed by atoms with E-state index in [2.05, 4.69) is 9.73 Å². The van der Waals surface area contributed by atoms with Gasteiger partial charge in [-0.2, -0.15) is 0 Å². The quantitative estimate of drug-likeness (QED) is 0.580. The number of thioether (sulfide) groups is 1. The highest BCUT2D eigenvalue weighted by molar-refractivity contribution is 8.18. The number of likely N-dealkylation sites (N-methyl/N-ethyl adjacent to an activating group) is 1. The smallest absolute Gasteiger partial charge is 0.337 e. The molecule has 0 saturated carbocycles. The van der Waals surface area contributed by atoms with Crippen LogP contribution in [-0.4, -0.2) is 47.2 Å². The average Bonchev–Trinajstić information content (AvgIpc) is 2.97. The Bertz CT molecular complexity index is 1060. The molecule has 1 aliphatic heterocycles. The molecule has 1 heterocycles. The van der Waals surface area contributed by atoms with Crippen LogP contribution in [0.2, 0.25) is 5.02 Å². The third-order valence-electron chi connectivity index (χ3n) is 4.04. The molecule has 1 amide bonds. The van der Waals surface area contributed by atoms with Crippen LogP contribution in [0.15, 0.2) is 52.4 Å². The number of hydrogen-bond acceptors (Lipinski definition) is 6. The molecule has 2 aromatic rings. The molecule has 1 N–H and O–H groups in total. The van der Waals surface area contributed by atoms with E-state index in [4.69, 9.17) is 11.6 Å². The maximum Gasteiger partial charge on any atom is 0.337 e. The maximum atomic E-state index is 12.5. The number of methoxy groups -OCH3 is 1. The molecule has 0 atom stereocenters. The van der Waals surface area contributed by atoms with Crippen molar-refractivity contribution in [2.24, 2.45) is 4.99 Å². The van der Waals surface area contributed by atoms with Gasteiger partial charge in [-0.1, -0.05) is 23.7 Å². The first-order valence-electron chi connectivity index (χ1n) is 8.27. The average molecular weight is 431 g/mol. The third kappa shape index (κ3) is 4.49. The van der Waals surface area contributed by atoms with E-state index >= 15 is 0 Å². The Morgan fingerprint density at radius 1 is 1.21 bits per heavy atom. The summed E-state index contributed by atoms with van der Waals surface area (Å²) < 4.78 is 4.66. The number of carboxylic acid groups (broad SMARTS) is 1. The molecular weight excluding hydrogens is 416 g/mol. The molecule has 148 valence electrons. The molecule has 7 nitrogen and oxygen atoms in total. The normalized spacial score (nSPS) is 16.5. The lowest BCUT2D eigenvalue weighted by molar-refractivity contribution is -0.121. The van der Waals surface area contributed by atoms with E-state index in [1.807, 2.05) is 0 Å². The number of amidine groups is 1. The predicted molar refractivity (Wildman–Crippen MR) is 112 cm³/mol. The number of carbonyl (C=O) groups excluding carboxylic acids is 2. The van der Waals surface area contributed by atoms with Crippen LogP contribution in [0.1, 0.15) is 26.3 Å². The lowest BCUT2D eigenvalue weighted by Gasteiger charge is -2.07. The molecule has 1 aliphatic rings. The number of carboxylic acids is 1. The van der Waals surface area contributed by atoms with Gasteiger partial charge >= 0.3 is 11.9 Å². The van der Waals surface area contributed by atoms with Crippen LogP contribution in [0.25, 0.3) is 6.08 Å². The topological polar surface area (TPSA) is 96.3 Å². The molecule has 2 aromatic carbocycles. The standard InChI is InChI=1S/C20H15ClN2O5S/c1-23-17(24)16(9-11-3-5-12(6-4-11)19(27)28-2)29-20(23)22-13-7-8-15(21)14(10-13)18(25)26/h3-10H,1-2H3,(H,25,26). The summed E-state index contributed by atoms with van der Waals surface area (Å²) in [6.07, 6.45) is 1.69. The summed E-state index contributed by atoms with van der Waals surface area (Å²) >= 11 is 7.04. The largest absolute Gasteiger partial charge is 0.478 e. The van der Waals surface area contributed by atoms with Crippen LogP contribution in [0, 0.1) is 0 Å². The van der Waals surface area contributed by atoms with Crippen LogP contribution >= 0.6 is 23.4 Å². The van der Waals surface area contributed by atoms with E-state index in [1.165, 1.54) is 35.9 Å². The number of nitrogens with zero attached hydrogens (tertiary/aromatic N) is 2. The summed E-state index contributed by atoms with van der Waals surface area (Å²) in [6.45, 7) is 0. The van der Waals surface area contributed by atoms with Crippen LogP contribution < -0.4 is 0 Å². The Hall–Kier alpha value is -3.10. The second kappa shape index (κ2) is 8.50. The van der Waals surface area contributed by atoms with Crippen LogP contribution in [-0.2, 0) is 9.53 Å². The number of aromatic carboxylic acids is 1. The molecule has 0 radical (unpaired) electrons. The number of ether oxygens (including phenoxy) is 1. The van der Waals surface area contributed by atoms with Gasteiger partial charge in [-0.3, -0.25) is 9.69 Å². The van der Waals surface area contributed by atoms with E-state index in [0.717, 1.165) is 5.56 Å². The van der Waals surface area contributed by atoms with E-state index in [1.54, 1.807) is 43.5 Å². The highest BCUT2D eigenvalue weighted by Crippen LogP contribution is 2.33. The number of halogens is 1. The van der Waals surface area contributed by atoms with Gasteiger partial charge in [0.2, 0.25) is 0 Å². The fourth-order valence-corrected chi connectivity index (χ4v) is 3.68. The van der Waals surface area contributed by atoms with Gasteiger partial charge in [-0.25, -0.2) is 14.6 Å². The Morgan fingerprint density at radius 3 is 2.52 bits per heavy atom. The number of aliphatic imine (C=N–C) groups is 1. The minimum absolute atomic E-state index is 0.0630. The van der Waals surface area contributed by atoms with Crippen molar-refractivity contribution in [1.82, 2.24) is 4.90 Å². The molecule has 9 heteroatoms. The Balaban J connectivity index is 1.87. The summed E-state index contributed by atoms with van der Waals surface area (Å²) in [5.74, 6) is -1.83. The van der Waals surface area contributed by atoms with Crippen molar-refractivity contribution in [1.29, 1.82) is 0 Å². The first-order chi connectivity index (χ1) is 13.8. The fraction of sp³-hybridized carbons (Fsp3) is 0.100. The number of esters is 1. The second-order valence-electron chi connectivity index (χ2n) is 5.95. The molecule has 1 saturated heterocycles. The highest BCUT2D eigenvalue weighted by atomic mass is 35.5. The summed E-state index contributed by atoms with van der Waals surface area (Å²) in [4.78, 5) is 41.5. The molecule has 0 aromatic heterocycles. The zero-order chi connectivity index (χ0) is 21.1. The van der Waals surface area contributed by atoms with E-state index in [0.29, 0.717) is 21.3 Å². The fourth-order valence-electron chi connectivity index (χ4n) is 2.49. The molecule has 0 spiro atoms. The van der Waals surface area contributed by atoms with Gasteiger partial charge in [-0.15, -0.1) is 0 Å². The SMILES string of the molecule is COC(=O)c1ccc(C=C2SC(=Nc3ccc(Cl)c(C(=O)O)c3)N(C)C2=O)cc1. The number of benzene rings is 2. The van der Waals surface area contributed by atoms with Crippen molar-refractivity contribution in [3.05, 3.63) is 69.1 Å². The molecule has 29 heavy (non-hydrogen) atoms.